The van der Waals surface area contributed by atoms with E-state index in [2.05, 4.69) is 0 Å². The van der Waals surface area contributed by atoms with Gasteiger partial charge in [-0.1, -0.05) is 30.3 Å². The fraction of sp³-hybridized carbons (Fsp3) is 0.0909. The van der Waals surface area contributed by atoms with E-state index in [0.717, 1.165) is 0 Å². The standard InChI is InChI=1S/C10H7NO3.CH4O3S/c12-8-7(9(13)11-10(8)14)6-4-2-1-3-5-6;1-5(2,3)4/h1-5H,(H2,11,12,13,14);1H3,(H,2,3,4). The Balaban J connectivity index is 0.000000312. The van der Waals surface area contributed by atoms with Crippen LogP contribution in [-0.2, 0) is 19.7 Å². The molecular formula is C11H11NO6S. The molecule has 3 N–H and O–H groups in total. The summed E-state index contributed by atoms with van der Waals surface area (Å²) in [5.41, 5.74) is 0.573. The smallest absolute Gasteiger partial charge is 0.293 e. The summed E-state index contributed by atoms with van der Waals surface area (Å²) in [5.74, 6) is -1.81. The summed E-state index contributed by atoms with van der Waals surface area (Å²) in [5, 5.41) is 11.3. The number of hydrogen-bond acceptors (Lipinski definition) is 5. The van der Waals surface area contributed by atoms with Crippen LogP contribution in [0.25, 0.3) is 5.57 Å². The van der Waals surface area contributed by atoms with Crippen molar-refractivity contribution in [3.05, 3.63) is 41.7 Å². The van der Waals surface area contributed by atoms with E-state index in [1.165, 1.54) is 0 Å². The van der Waals surface area contributed by atoms with Crippen LogP contribution in [0.5, 0.6) is 0 Å². The lowest BCUT2D eigenvalue weighted by Crippen LogP contribution is -2.22. The maximum absolute atomic E-state index is 11.2. The topological polar surface area (TPSA) is 121 Å². The third-order valence-corrected chi connectivity index (χ3v) is 1.97. The minimum absolute atomic E-state index is 0.0376. The summed E-state index contributed by atoms with van der Waals surface area (Å²) in [7, 11) is -3.67. The zero-order valence-electron chi connectivity index (χ0n) is 9.82. The minimum Gasteiger partial charge on any atom is -0.502 e. The van der Waals surface area contributed by atoms with Crippen molar-refractivity contribution in [3.8, 4) is 0 Å². The van der Waals surface area contributed by atoms with E-state index >= 15 is 0 Å². The summed E-state index contributed by atoms with van der Waals surface area (Å²) in [6.45, 7) is 0. The molecule has 102 valence electrons. The molecule has 1 aromatic rings. The van der Waals surface area contributed by atoms with E-state index in [4.69, 9.17) is 4.55 Å². The summed E-state index contributed by atoms with van der Waals surface area (Å²) in [6.07, 6.45) is 0.715. The second-order valence-corrected chi connectivity index (χ2v) is 5.07. The van der Waals surface area contributed by atoms with Gasteiger partial charge in [0, 0.05) is 0 Å². The Hall–Kier alpha value is -2.19. The van der Waals surface area contributed by atoms with Crippen LogP contribution >= 0.6 is 0 Å². The van der Waals surface area contributed by atoms with Crippen LogP contribution in [0, 0.1) is 0 Å². The first-order chi connectivity index (χ1) is 8.70. The van der Waals surface area contributed by atoms with E-state index < -0.39 is 27.7 Å². The van der Waals surface area contributed by atoms with Crippen molar-refractivity contribution in [1.82, 2.24) is 5.32 Å². The van der Waals surface area contributed by atoms with Gasteiger partial charge in [0.1, 0.15) is 0 Å². The van der Waals surface area contributed by atoms with Crippen LogP contribution < -0.4 is 5.32 Å². The number of aliphatic hydroxyl groups is 1. The number of nitrogens with one attached hydrogen (secondary N) is 1. The SMILES string of the molecule is CS(=O)(=O)O.O=C1NC(=O)C(c2ccccc2)=C1O. The van der Waals surface area contributed by atoms with E-state index in [1.807, 2.05) is 5.32 Å². The highest BCUT2D eigenvalue weighted by molar-refractivity contribution is 7.85. The molecular weight excluding hydrogens is 274 g/mol. The van der Waals surface area contributed by atoms with Gasteiger partial charge in [-0.2, -0.15) is 8.42 Å². The predicted molar refractivity (Wildman–Crippen MR) is 66.6 cm³/mol. The minimum atomic E-state index is -3.67. The zero-order valence-corrected chi connectivity index (χ0v) is 10.6. The molecule has 19 heavy (non-hydrogen) atoms. The van der Waals surface area contributed by atoms with Gasteiger partial charge < -0.3 is 5.11 Å². The van der Waals surface area contributed by atoms with E-state index in [0.29, 0.717) is 11.8 Å². The Kier molecular flexibility index (Phi) is 4.41. The highest BCUT2D eigenvalue weighted by Crippen LogP contribution is 2.21. The lowest BCUT2D eigenvalue weighted by molar-refractivity contribution is -0.124. The highest BCUT2D eigenvalue weighted by atomic mass is 32.2. The van der Waals surface area contributed by atoms with Gasteiger partial charge in [-0.05, 0) is 5.56 Å². The number of hydrogen-bond donors (Lipinski definition) is 3. The molecule has 1 aromatic carbocycles. The van der Waals surface area contributed by atoms with Gasteiger partial charge in [0.15, 0.2) is 5.76 Å². The van der Waals surface area contributed by atoms with Crippen LogP contribution in [-0.4, -0.2) is 36.1 Å². The van der Waals surface area contributed by atoms with Crippen molar-refractivity contribution in [2.24, 2.45) is 0 Å². The normalized spacial score (nSPS) is 14.8. The van der Waals surface area contributed by atoms with E-state index in [-0.39, 0.29) is 5.57 Å². The number of imide groups is 1. The largest absolute Gasteiger partial charge is 0.502 e. The van der Waals surface area contributed by atoms with Gasteiger partial charge in [-0.3, -0.25) is 19.5 Å². The van der Waals surface area contributed by atoms with Crippen molar-refractivity contribution in [3.63, 3.8) is 0 Å². The maximum atomic E-state index is 11.2. The molecule has 2 amide bonds. The number of rotatable bonds is 1. The molecule has 0 saturated carbocycles. The number of carbonyl (C=O) groups is 2. The highest BCUT2D eigenvalue weighted by Gasteiger charge is 2.30. The molecule has 2 rings (SSSR count). The van der Waals surface area contributed by atoms with Gasteiger partial charge >= 0.3 is 0 Å². The third kappa shape index (κ3) is 4.53. The molecule has 1 aliphatic rings. The summed E-state index contributed by atoms with van der Waals surface area (Å²) < 4.78 is 25.9. The quantitative estimate of drug-likeness (QED) is 0.497. The first kappa shape index (κ1) is 14.9. The fourth-order valence-electron chi connectivity index (χ4n) is 1.32. The van der Waals surface area contributed by atoms with Gasteiger partial charge in [-0.25, -0.2) is 0 Å². The number of benzene rings is 1. The number of carbonyl (C=O) groups excluding carboxylic acids is 2. The first-order valence-corrected chi connectivity index (χ1v) is 6.82. The van der Waals surface area contributed by atoms with Crippen LogP contribution in [0.2, 0.25) is 0 Å². The monoisotopic (exact) mass is 285 g/mol. The Bertz CT molecular complexity index is 624. The van der Waals surface area contributed by atoms with Crippen molar-refractivity contribution >= 4 is 27.5 Å². The third-order valence-electron chi connectivity index (χ3n) is 1.97. The Morgan fingerprint density at radius 1 is 1.05 bits per heavy atom. The average Bonchev–Trinajstić information content (AvgIpc) is 2.52. The molecule has 1 aliphatic heterocycles. The molecule has 0 aliphatic carbocycles. The molecule has 8 heteroatoms. The van der Waals surface area contributed by atoms with Gasteiger partial charge in [0.05, 0.1) is 11.8 Å². The molecule has 0 radical (unpaired) electrons. The molecule has 7 nitrogen and oxygen atoms in total. The van der Waals surface area contributed by atoms with Crippen molar-refractivity contribution in [2.45, 2.75) is 0 Å². The number of aliphatic hydroxyl groups excluding tert-OH is 1. The van der Waals surface area contributed by atoms with Crippen LogP contribution in [0.3, 0.4) is 0 Å². The second-order valence-electron chi connectivity index (χ2n) is 3.61. The van der Waals surface area contributed by atoms with Crippen LogP contribution in [0.4, 0.5) is 0 Å². The number of amides is 2. The summed E-state index contributed by atoms with van der Waals surface area (Å²) >= 11 is 0. The van der Waals surface area contributed by atoms with E-state index in [9.17, 15) is 23.1 Å². The summed E-state index contributed by atoms with van der Waals surface area (Å²) in [4.78, 5) is 22.2. The molecule has 0 bridgehead atoms. The molecule has 0 saturated heterocycles. The Morgan fingerprint density at radius 3 is 1.89 bits per heavy atom. The molecule has 1 heterocycles. The van der Waals surface area contributed by atoms with Crippen molar-refractivity contribution in [1.29, 1.82) is 0 Å². The van der Waals surface area contributed by atoms with Gasteiger partial charge in [0.2, 0.25) is 0 Å². The molecule has 0 unspecified atom stereocenters. The lowest BCUT2D eigenvalue weighted by Gasteiger charge is -1.98. The average molecular weight is 285 g/mol. The molecule has 0 fully saturated rings. The molecule has 0 spiro atoms. The van der Waals surface area contributed by atoms with Gasteiger partial charge in [0.25, 0.3) is 21.9 Å². The molecule has 0 atom stereocenters. The van der Waals surface area contributed by atoms with E-state index in [1.54, 1.807) is 30.3 Å². The maximum Gasteiger partial charge on any atom is 0.293 e. The zero-order chi connectivity index (χ0) is 14.6. The first-order valence-electron chi connectivity index (χ1n) is 4.97. The fourth-order valence-corrected chi connectivity index (χ4v) is 1.32. The summed E-state index contributed by atoms with van der Waals surface area (Å²) in [6, 6.07) is 8.56. The van der Waals surface area contributed by atoms with Crippen molar-refractivity contribution in [2.75, 3.05) is 6.26 Å². The van der Waals surface area contributed by atoms with Gasteiger partial charge in [-0.15, -0.1) is 0 Å². The molecule has 0 aromatic heterocycles. The van der Waals surface area contributed by atoms with Crippen LogP contribution in [0.1, 0.15) is 5.56 Å². The predicted octanol–water partition coefficient (Wildman–Crippen LogP) is 0.116. The Labute approximate surface area is 109 Å². The second kappa shape index (κ2) is 5.63. The van der Waals surface area contributed by atoms with Crippen LogP contribution in [0.15, 0.2) is 36.1 Å². The van der Waals surface area contributed by atoms with Crippen molar-refractivity contribution < 1.29 is 27.7 Å². The lowest BCUT2D eigenvalue weighted by atomic mass is 10.1. The Morgan fingerprint density at radius 2 is 1.53 bits per heavy atom.